The molecule has 0 amide bonds. The van der Waals surface area contributed by atoms with Gasteiger partial charge < -0.3 is 14.6 Å². The molecule has 8 nitrogen and oxygen atoms in total. The Kier molecular flexibility index (Phi) is 4.36. The van der Waals surface area contributed by atoms with Gasteiger partial charge in [-0.3, -0.25) is 4.79 Å². The summed E-state index contributed by atoms with van der Waals surface area (Å²) in [4.78, 5) is 14.8. The first-order valence-corrected chi connectivity index (χ1v) is 8.04. The number of carbonyl (C=O) groups excluding carboxylic acids is 1. The summed E-state index contributed by atoms with van der Waals surface area (Å²) in [5, 5.41) is 18.5. The number of aromatic hydroxyl groups is 1. The van der Waals surface area contributed by atoms with Crippen LogP contribution < -0.4 is 4.74 Å². The number of benzene rings is 2. The molecule has 0 spiro atoms. The minimum absolute atomic E-state index is 0.138. The van der Waals surface area contributed by atoms with Crippen molar-refractivity contribution in [2.24, 2.45) is 0 Å². The van der Waals surface area contributed by atoms with Gasteiger partial charge in [0.25, 0.3) is 6.47 Å². The lowest BCUT2D eigenvalue weighted by Crippen LogP contribution is -2.00. The molecule has 0 atom stereocenters. The van der Waals surface area contributed by atoms with Crippen LogP contribution in [-0.2, 0) is 9.53 Å². The Balaban J connectivity index is 1.59. The van der Waals surface area contributed by atoms with Crippen LogP contribution in [0.15, 0.2) is 60.8 Å². The second-order valence-electron chi connectivity index (χ2n) is 5.64. The van der Waals surface area contributed by atoms with Crippen LogP contribution in [0.2, 0.25) is 0 Å². The Morgan fingerprint density at radius 3 is 2.70 bits per heavy atom. The number of phenolic OH excluding ortho intramolecular Hbond substituents is 1. The molecule has 0 aliphatic heterocycles. The molecule has 27 heavy (non-hydrogen) atoms. The Hall–Kier alpha value is -3.94. The highest BCUT2D eigenvalue weighted by molar-refractivity contribution is 5.82. The first kappa shape index (κ1) is 16.5. The maximum Gasteiger partial charge on any atom is 0.295 e. The van der Waals surface area contributed by atoms with E-state index in [1.165, 1.54) is 0 Å². The fraction of sp³-hybridized carbons (Fsp3) is 0.0526. The minimum Gasteiger partial charge on any atom is -0.508 e. The topological polar surface area (TPSA) is 99.4 Å². The second-order valence-corrected chi connectivity index (χ2v) is 5.64. The molecule has 2 aromatic carbocycles. The average molecular weight is 362 g/mol. The molecule has 0 saturated carbocycles. The van der Waals surface area contributed by atoms with Gasteiger partial charge in [0.2, 0.25) is 6.79 Å². The number of fused-ring (bicyclic) bond motifs is 1. The van der Waals surface area contributed by atoms with Gasteiger partial charge >= 0.3 is 0 Å². The van der Waals surface area contributed by atoms with Gasteiger partial charge in [-0.05, 0) is 48.5 Å². The summed E-state index contributed by atoms with van der Waals surface area (Å²) in [5.74, 6) is 0.772. The molecule has 0 aliphatic rings. The van der Waals surface area contributed by atoms with Gasteiger partial charge in [-0.1, -0.05) is 11.3 Å². The Labute approximate surface area is 153 Å². The zero-order valence-corrected chi connectivity index (χ0v) is 14.0. The van der Waals surface area contributed by atoms with Crippen LogP contribution >= 0.6 is 0 Å². The first-order chi connectivity index (χ1) is 13.2. The largest absolute Gasteiger partial charge is 0.508 e. The predicted molar refractivity (Wildman–Crippen MR) is 96.4 cm³/mol. The van der Waals surface area contributed by atoms with Crippen molar-refractivity contribution in [3.63, 3.8) is 0 Å². The summed E-state index contributed by atoms with van der Waals surface area (Å²) < 4.78 is 11.4. The molecule has 0 fully saturated rings. The van der Waals surface area contributed by atoms with Crippen molar-refractivity contribution >= 4 is 17.4 Å². The van der Waals surface area contributed by atoms with Crippen molar-refractivity contribution in [1.82, 2.24) is 20.0 Å². The van der Waals surface area contributed by atoms with Crippen LogP contribution in [0.4, 0.5) is 0 Å². The summed E-state index contributed by atoms with van der Waals surface area (Å²) in [6.07, 6.45) is 1.77. The number of nitrogens with zero attached hydrogens (tertiary/aromatic N) is 4. The molecule has 8 heteroatoms. The quantitative estimate of drug-likeness (QED) is 0.320. The van der Waals surface area contributed by atoms with Gasteiger partial charge in [-0.2, -0.15) is 0 Å². The van der Waals surface area contributed by atoms with E-state index < -0.39 is 0 Å². The van der Waals surface area contributed by atoms with E-state index in [1.807, 2.05) is 24.3 Å². The van der Waals surface area contributed by atoms with Gasteiger partial charge in [0, 0.05) is 5.39 Å². The SMILES string of the molecule is O=COCOc1ccc2nc(-c3cn(-c4ccc(O)cc4)nn3)ccc2c1. The highest BCUT2D eigenvalue weighted by Gasteiger charge is 2.08. The molecule has 4 aromatic rings. The van der Waals surface area contributed by atoms with E-state index in [9.17, 15) is 9.90 Å². The van der Waals surface area contributed by atoms with E-state index >= 15 is 0 Å². The number of ether oxygens (including phenoxy) is 2. The number of pyridine rings is 1. The molecule has 0 bridgehead atoms. The first-order valence-electron chi connectivity index (χ1n) is 8.04. The number of carbonyl (C=O) groups is 1. The Bertz CT molecular complexity index is 1090. The van der Waals surface area contributed by atoms with E-state index in [4.69, 9.17) is 4.74 Å². The fourth-order valence-electron chi connectivity index (χ4n) is 2.58. The van der Waals surface area contributed by atoms with Gasteiger partial charge in [0.1, 0.15) is 17.2 Å². The monoisotopic (exact) mass is 362 g/mol. The van der Waals surface area contributed by atoms with E-state index in [-0.39, 0.29) is 12.5 Å². The molecule has 1 N–H and O–H groups in total. The smallest absolute Gasteiger partial charge is 0.295 e. The fourth-order valence-corrected chi connectivity index (χ4v) is 2.58. The zero-order valence-electron chi connectivity index (χ0n) is 14.0. The molecule has 134 valence electrons. The molecule has 0 unspecified atom stereocenters. The van der Waals surface area contributed by atoms with Gasteiger partial charge in [-0.25, -0.2) is 9.67 Å². The van der Waals surface area contributed by atoms with Crippen molar-refractivity contribution in [1.29, 1.82) is 0 Å². The molecule has 2 aromatic heterocycles. The lowest BCUT2D eigenvalue weighted by atomic mass is 10.2. The average Bonchev–Trinajstić information content (AvgIpc) is 3.18. The second kappa shape index (κ2) is 7.12. The Morgan fingerprint density at radius 2 is 1.89 bits per heavy atom. The number of hydrogen-bond acceptors (Lipinski definition) is 7. The van der Waals surface area contributed by atoms with Crippen molar-refractivity contribution in [3.05, 3.63) is 60.8 Å². The Morgan fingerprint density at radius 1 is 1.04 bits per heavy atom. The van der Waals surface area contributed by atoms with Gasteiger partial charge in [-0.15, -0.1) is 5.10 Å². The number of hydrogen-bond donors (Lipinski definition) is 1. The van der Waals surface area contributed by atoms with Crippen molar-refractivity contribution in [2.45, 2.75) is 0 Å². The number of aromatic nitrogens is 4. The predicted octanol–water partition coefficient (Wildman–Crippen LogP) is 2.70. The lowest BCUT2D eigenvalue weighted by molar-refractivity contribution is -0.134. The molecule has 2 heterocycles. The summed E-state index contributed by atoms with van der Waals surface area (Å²) in [6.45, 7) is 0.196. The molecular formula is C19H14N4O4. The van der Waals surface area contributed by atoms with E-state index in [0.29, 0.717) is 23.6 Å². The third kappa shape index (κ3) is 3.54. The highest BCUT2D eigenvalue weighted by Crippen LogP contribution is 2.24. The summed E-state index contributed by atoms with van der Waals surface area (Å²) in [6, 6.07) is 15.8. The van der Waals surface area contributed by atoms with Crippen LogP contribution in [0.25, 0.3) is 28.0 Å². The van der Waals surface area contributed by atoms with Crippen LogP contribution in [0.3, 0.4) is 0 Å². The summed E-state index contributed by atoms with van der Waals surface area (Å²) in [7, 11) is 0. The number of phenols is 1. The van der Waals surface area contributed by atoms with Crippen molar-refractivity contribution < 1.29 is 19.4 Å². The van der Waals surface area contributed by atoms with Crippen LogP contribution in [0.5, 0.6) is 11.5 Å². The normalized spacial score (nSPS) is 10.7. The maximum absolute atomic E-state index is 10.2. The zero-order chi connectivity index (χ0) is 18.6. The third-order valence-electron chi connectivity index (χ3n) is 3.89. The number of rotatable bonds is 6. The van der Waals surface area contributed by atoms with Crippen molar-refractivity contribution in [3.8, 4) is 28.6 Å². The van der Waals surface area contributed by atoms with Crippen LogP contribution in [0.1, 0.15) is 0 Å². The molecular weight excluding hydrogens is 348 g/mol. The lowest BCUT2D eigenvalue weighted by Gasteiger charge is -2.06. The van der Waals surface area contributed by atoms with E-state index in [2.05, 4.69) is 20.0 Å². The maximum atomic E-state index is 10.2. The molecule has 0 aliphatic carbocycles. The van der Waals surface area contributed by atoms with Crippen LogP contribution in [0, 0.1) is 0 Å². The molecule has 4 rings (SSSR count). The van der Waals surface area contributed by atoms with E-state index in [1.54, 1.807) is 41.2 Å². The van der Waals surface area contributed by atoms with Gasteiger partial charge in [0.05, 0.1) is 23.1 Å². The van der Waals surface area contributed by atoms with Gasteiger partial charge in [0.15, 0.2) is 0 Å². The molecule has 0 radical (unpaired) electrons. The summed E-state index contributed by atoms with van der Waals surface area (Å²) in [5.41, 5.74) is 2.87. The molecule has 0 saturated heterocycles. The standard InChI is InChI=1S/C19H14N4O4/c24-11-26-12-27-16-6-8-17-13(9-16)1-7-18(20-17)19-10-23(22-21-19)14-2-4-15(25)5-3-14/h1-11,25H,12H2. The summed E-state index contributed by atoms with van der Waals surface area (Å²) >= 11 is 0. The minimum atomic E-state index is -0.138. The highest BCUT2D eigenvalue weighted by atomic mass is 16.7. The van der Waals surface area contributed by atoms with Crippen molar-refractivity contribution in [2.75, 3.05) is 6.79 Å². The third-order valence-corrected chi connectivity index (χ3v) is 3.89. The van der Waals surface area contributed by atoms with Crippen LogP contribution in [-0.4, -0.2) is 38.3 Å². The van der Waals surface area contributed by atoms with E-state index in [0.717, 1.165) is 16.6 Å².